The summed E-state index contributed by atoms with van der Waals surface area (Å²) in [7, 11) is 0. The number of allylic oxidation sites excluding steroid dienone is 3. The van der Waals surface area contributed by atoms with Crippen LogP contribution < -0.4 is 11.1 Å². The number of primary amides is 1. The van der Waals surface area contributed by atoms with Gasteiger partial charge in [-0.1, -0.05) is 54.6 Å². The van der Waals surface area contributed by atoms with Gasteiger partial charge in [0, 0.05) is 18.0 Å². The first kappa shape index (κ1) is 23.5. The van der Waals surface area contributed by atoms with Crippen molar-refractivity contribution in [2.24, 2.45) is 10.7 Å². The number of carbonyl (C=O) groups excluding carboxylic acids is 1. The van der Waals surface area contributed by atoms with E-state index in [1.807, 2.05) is 61.5 Å². The van der Waals surface area contributed by atoms with Crippen LogP contribution in [0.4, 0.5) is 5.82 Å². The summed E-state index contributed by atoms with van der Waals surface area (Å²) in [6, 6.07) is 18.0. The normalized spacial score (nSPS) is 11.6. The second kappa shape index (κ2) is 11.0. The summed E-state index contributed by atoms with van der Waals surface area (Å²) < 4.78 is 0. The van der Waals surface area contributed by atoms with Crippen molar-refractivity contribution in [2.45, 2.75) is 13.3 Å². The number of nitrogens with one attached hydrogen (secondary N) is 1. The molecule has 35 heavy (non-hydrogen) atoms. The zero-order valence-electron chi connectivity index (χ0n) is 19.5. The lowest BCUT2D eigenvalue weighted by Crippen LogP contribution is -2.13. The maximum absolute atomic E-state index is 11.4. The molecule has 0 bridgehead atoms. The molecule has 0 saturated carbocycles. The summed E-state index contributed by atoms with van der Waals surface area (Å²) in [6.07, 6.45) is 9.15. The highest BCUT2D eigenvalue weighted by molar-refractivity contribution is 6.02. The molecule has 0 aliphatic rings. The number of amides is 1. The molecule has 0 aliphatic carbocycles. The summed E-state index contributed by atoms with van der Waals surface area (Å²) in [4.78, 5) is 29.5. The number of rotatable bonds is 9. The second-order valence-electron chi connectivity index (χ2n) is 7.88. The minimum absolute atomic E-state index is 0.0990. The van der Waals surface area contributed by atoms with Gasteiger partial charge in [0.1, 0.15) is 5.82 Å². The van der Waals surface area contributed by atoms with Crippen LogP contribution in [0.3, 0.4) is 0 Å². The molecule has 1 amide bonds. The first-order valence-corrected chi connectivity index (χ1v) is 11.2. The maximum Gasteiger partial charge on any atom is 0.221 e. The number of nitrogens with two attached hydrogens (primary N) is 1. The first-order chi connectivity index (χ1) is 17.1. The Hall–Kier alpha value is -4.65. The molecule has 4 rings (SSSR count). The fourth-order valence-electron chi connectivity index (χ4n) is 3.76. The Balaban J connectivity index is 1.87. The van der Waals surface area contributed by atoms with Crippen molar-refractivity contribution in [1.29, 1.82) is 0 Å². The third kappa shape index (κ3) is 5.65. The smallest absolute Gasteiger partial charge is 0.221 e. The van der Waals surface area contributed by atoms with Crippen LogP contribution in [-0.4, -0.2) is 34.1 Å². The largest absolute Gasteiger partial charge is 0.369 e. The van der Waals surface area contributed by atoms with E-state index in [1.54, 1.807) is 12.4 Å². The topological polar surface area (TPSA) is 106 Å². The molecule has 174 valence electrons. The van der Waals surface area contributed by atoms with E-state index in [1.165, 1.54) is 0 Å². The van der Waals surface area contributed by atoms with E-state index in [-0.39, 0.29) is 6.42 Å². The molecule has 2 heterocycles. The monoisotopic (exact) mass is 462 g/mol. The Bertz CT molecular complexity index is 1430. The number of benzene rings is 2. The molecular weight excluding hydrogens is 436 g/mol. The molecule has 7 heteroatoms. The van der Waals surface area contributed by atoms with Gasteiger partial charge in [-0.2, -0.15) is 0 Å². The molecule has 0 spiro atoms. The fraction of sp³-hybridized carbons (Fsp3) is 0.107. The van der Waals surface area contributed by atoms with Crippen LogP contribution in [0, 0.1) is 0 Å². The number of hydrogen-bond acceptors (Lipinski definition) is 6. The molecular formula is C28H26N6O. The number of fused-ring (bicyclic) bond motifs is 1. The fourth-order valence-corrected chi connectivity index (χ4v) is 3.76. The number of hydrogen-bond donors (Lipinski definition) is 2. The van der Waals surface area contributed by atoms with Crippen LogP contribution in [0.1, 0.15) is 12.5 Å². The van der Waals surface area contributed by atoms with Gasteiger partial charge < -0.3 is 11.1 Å². The van der Waals surface area contributed by atoms with Gasteiger partial charge >= 0.3 is 0 Å². The predicted molar refractivity (Wildman–Crippen MR) is 142 cm³/mol. The van der Waals surface area contributed by atoms with Crippen molar-refractivity contribution >= 4 is 29.3 Å². The number of aliphatic imine (C=N–C) groups is 1. The number of carbonyl (C=O) groups is 1. The average Bonchev–Trinajstić information content (AvgIpc) is 2.88. The number of anilines is 1. The van der Waals surface area contributed by atoms with E-state index in [2.05, 4.69) is 40.2 Å². The molecule has 4 aromatic rings. The lowest BCUT2D eigenvalue weighted by molar-refractivity contribution is -0.117. The summed E-state index contributed by atoms with van der Waals surface area (Å²) in [6.45, 7) is 6.06. The van der Waals surface area contributed by atoms with E-state index in [0.717, 1.165) is 27.7 Å². The van der Waals surface area contributed by atoms with E-state index in [9.17, 15) is 4.79 Å². The van der Waals surface area contributed by atoms with Gasteiger partial charge in [0.2, 0.25) is 5.91 Å². The Morgan fingerprint density at radius 1 is 1.09 bits per heavy atom. The number of nitrogens with zero attached hydrogens (tertiary/aromatic N) is 4. The molecule has 0 saturated heterocycles. The van der Waals surface area contributed by atoms with Crippen molar-refractivity contribution < 1.29 is 4.79 Å². The van der Waals surface area contributed by atoms with Crippen molar-refractivity contribution in [1.82, 2.24) is 15.0 Å². The zero-order chi connectivity index (χ0) is 24.6. The van der Waals surface area contributed by atoms with E-state index >= 15 is 0 Å². The lowest BCUT2D eigenvalue weighted by atomic mass is 10.0. The van der Waals surface area contributed by atoms with Crippen LogP contribution in [0.15, 0.2) is 95.9 Å². The second-order valence-corrected chi connectivity index (χ2v) is 7.88. The van der Waals surface area contributed by atoms with Gasteiger partial charge in [-0.05, 0) is 48.5 Å². The standard InChI is InChI=1S/C28H26N6O/c1-3-4-11-22(30-2)18-32-28-26-23(20-9-6-5-7-10-20)12-8-13-24(26)33-27(34-28)21-14-19(15-25(29)35)16-31-17-21/h3-14,16-17H,2,15,18H2,1H3,(H2,29,35)(H,32,33,34)/b4-3-,22-11-. The molecule has 0 aliphatic heterocycles. The molecule has 0 unspecified atom stereocenters. The van der Waals surface area contributed by atoms with Gasteiger partial charge in [0.05, 0.1) is 29.6 Å². The Morgan fingerprint density at radius 2 is 1.91 bits per heavy atom. The summed E-state index contributed by atoms with van der Waals surface area (Å²) >= 11 is 0. The van der Waals surface area contributed by atoms with Crippen LogP contribution in [0.25, 0.3) is 33.4 Å². The number of aromatic nitrogens is 3. The van der Waals surface area contributed by atoms with Crippen LogP contribution in [0.2, 0.25) is 0 Å². The van der Waals surface area contributed by atoms with Crippen molar-refractivity contribution in [2.75, 3.05) is 11.9 Å². The summed E-state index contributed by atoms with van der Waals surface area (Å²) in [5.74, 6) is 0.741. The molecule has 2 aromatic carbocycles. The van der Waals surface area contributed by atoms with E-state index < -0.39 is 5.91 Å². The number of pyridine rings is 1. The van der Waals surface area contributed by atoms with Gasteiger partial charge in [-0.25, -0.2) is 9.97 Å². The van der Waals surface area contributed by atoms with Crippen molar-refractivity contribution in [3.63, 3.8) is 0 Å². The Kier molecular flexibility index (Phi) is 7.37. The van der Waals surface area contributed by atoms with Gasteiger partial charge in [-0.3, -0.25) is 14.8 Å². The molecule has 7 nitrogen and oxygen atoms in total. The average molecular weight is 463 g/mol. The molecule has 0 radical (unpaired) electrons. The van der Waals surface area contributed by atoms with Gasteiger partial charge in [0.15, 0.2) is 5.82 Å². The minimum atomic E-state index is -0.421. The summed E-state index contributed by atoms with van der Waals surface area (Å²) in [5, 5.41) is 4.33. The quantitative estimate of drug-likeness (QED) is 0.270. The highest BCUT2D eigenvalue weighted by Gasteiger charge is 2.15. The lowest BCUT2D eigenvalue weighted by Gasteiger charge is -2.15. The first-order valence-electron chi connectivity index (χ1n) is 11.2. The maximum atomic E-state index is 11.4. The third-order valence-electron chi connectivity index (χ3n) is 5.36. The van der Waals surface area contributed by atoms with E-state index in [0.29, 0.717) is 29.3 Å². The van der Waals surface area contributed by atoms with Crippen molar-refractivity contribution in [3.05, 3.63) is 96.5 Å². The van der Waals surface area contributed by atoms with Crippen LogP contribution >= 0.6 is 0 Å². The summed E-state index contributed by atoms with van der Waals surface area (Å²) in [5.41, 5.74) is 10.4. The minimum Gasteiger partial charge on any atom is -0.369 e. The van der Waals surface area contributed by atoms with E-state index in [4.69, 9.17) is 15.7 Å². The Labute approximate surface area is 204 Å². The third-order valence-corrected chi connectivity index (χ3v) is 5.36. The Morgan fingerprint density at radius 3 is 2.66 bits per heavy atom. The highest BCUT2D eigenvalue weighted by Crippen LogP contribution is 2.34. The molecule has 0 fully saturated rings. The van der Waals surface area contributed by atoms with Crippen molar-refractivity contribution in [3.8, 4) is 22.5 Å². The highest BCUT2D eigenvalue weighted by atomic mass is 16.1. The predicted octanol–water partition coefficient (Wildman–Crippen LogP) is 4.96. The van der Waals surface area contributed by atoms with Gasteiger partial charge in [0.25, 0.3) is 0 Å². The zero-order valence-corrected chi connectivity index (χ0v) is 19.5. The molecule has 2 aromatic heterocycles. The molecule has 3 N–H and O–H groups in total. The SMILES string of the molecule is C=N/C(=C\C=C/C)CNc1nc(-c2cncc(CC(N)=O)c2)nc2cccc(-c3ccccc3)c12. The van der Waals surface area contributed by atoms with Gasteiger partial charge in [-0.15, -0.1) is 0 Å². The van der Waals surface area contributed by atoms with Crippen LogP contribution in [0.5, 0.6) is 0 Å². The van der Waals surface area contributed by atoms with Crippen LogP contribution in [-0.2, 0) is 11.2 Å². The molecule has 0 atom stereocenters.